The Bertz CT molecular complexity index is 860. The molecule has 0 saturated heterocycles. The van der Waals surface area contributed by atoms with E-state index in [4.69, 9.17) is 0 Å². The lowest BCUT2D eigenvalue weighted by atomic mass is 10.2. The molecule has 8 nitrogen and oxygen atoms in total. The summed E-state index contributed by atoms with van der Waals surface area (Å²) in [5.41, 5.74) is 1.69. The Hall–Kier alpha value is -3.55. The number of hydrogen-bond acceptors (Lipinski definition) is 6. The van der Waals surface area contributed by atoms with E-state index in [1.807, 2.05) is 6.07 Å². The summed E-state index contributed by atoms with van der Waals surface area (Å²) in [6, 6.07) is 10.1. The standard InChI is InChI=1S/C16H13N5O3/c1-24-16(23)11-6-7-13(18-8-11)15(22)20-12-4-2-3-5-14(12)21-10-17-9-19-21/h2-10H,1H3,(H,20,22). The minimum absolute atomic E-state index is 0.177. The van der Waals surface area contributed by atoms with Gasteiger partial charge in [0, 0.05) is 6.20 Å². The van der Waals surface area contributed by atoms with Gasteiger partial charge < -0.3 is 10.1 Å². The van der Waals surface area contributed by atoms with Gasteiger partial charge in [-0.3, -0.25) is 9.78 Å². The van der Waals surface area contributed by atoms with E-state index >= 15 is 0 Å². The van der Waals surface area contributed by atoms with Crippen LogP contribution in [0.15, 0.2) is 55.2 Å². The maximum absolute atomic E-state index is 12.4. The molecule has 0 aliphatic carbocycles. The van der Waals surface area contributed by atoms with Crippen molar-refractivity contribution in [1.29, 1.82) is 0 Å². The normalized spacial score (nSPS) is 10.2. The minimum atomic E-state index is -0.508. The van der Waals surface area contributed by atoms with E-state index in [-0.39, 0.29) is 11.3 Å². The highest BCUT2D eigenvalue weighted by Crippen LogP contribution is 2.19. The molecule has 0 radical (unpaired) electrons. The highest BCUT2D eigenvalue weighted by Gasteiger charge is 2.13. The van der Waals surface area contributed by atoms with Gasteiger partial charge in [-0.05, 0) is 24.3 Å². The largest absolute Gasteiger partial charge is 0.465 e. The maximum atomic E-state index is 12.4. The second-order valence-electron chi connectivity index (χ2n) is 4.74. The summed E-state index contributed by atoms with van der Waals surface area (Å²) in [6.07, 6.45) is 4.24. The molecule has 0 fully saturated rings. The van der Waals surface area contributed by atoms with E-state index in [0.717, 1.165) is 0 Å². The molecule has 3 rings (SSSR count). The van der Waals surface area contributed by atoms with Crippen molar-refractivity contribution < 1.29 is 14.3 Å². The Morgan fingerprint density at radius 2 is 2.00 bits per heavy atom. The van der Waals surface area contributed by atoms with E-state index in [0.29, 0.717) is 11.4 Å². The molecule has 3 aromatic rings. The topological polar surface area (TPSA) is 99.0 Å². The van der Waals surface area contributed by atoms with Crippen LogP contribution < -0.4 is 5.32 Å². The predicted molar refractivity (Wildman–Crippen MR) is 84.9 cm³/mol. The smallest absolute Gasteiger partial charge is 0.339 e. The van der Waals surface area contributed by atoms with Crippen molar-refractivity contribution >= 4 is 17.6 Å². The summed E-state index contributed by atoms with van der Waals surface area (Å²) >= 11 is 0. The van der Waals surface area contributed by atoms with E-state index in [1.54, 1.807) is 22.9 Å². The molecule has 0 aliphatic heterocycles. The van der Waals surface area contributed by atoms with Crippen molar-refractivity contribution in [3.63, 3.8) is 0 Å². The number of hydrogen-bond donors (Lipinski definition) is 1. The third kappa shape index (κ3) is 3.12. The van der Waals surface area contributed by atoms with Crippen LogP contribution in [0.5, 0.6) is 0 Å². The number of methoxy groups -OCH3 is 1. The predicted octanol–water partition coefficient (Wildman–Crippen LogP) is 1.70. The SMILES string of the molecule is COC(=O)c1ccc(C(=O)Nc2ccccc2-n2cncn2)nc1. The van der Waals surface area contributed by atoms with Crippen molar-refractivity contribution in [2.45, 2.75) is 0 Å². The molecule has 24 heavy (non-hydrogen) atoms. The lowest BCUT2D eigenvalue weighted by molar-refractivity contribution is 0.0600. The quantitative estimate of drug-likeness (QED) is 0.734. The van der Waals surface area contributed by atoms with Gasteiger partial charge >= 0.3 is 5.97 Å². The third-order valence-electron chi connectivity index (χ3n) is 3.24. The van der Waals surface area contributed by atoms with Gasteiger partial charge in [-0.2, -0.15) is 5.10 Å². The molecule has 2 heterocycles. The number of amides is 1. The number of esters is 1. The summed E-state index contributed by atoms with van der Waals surface area (Å²) in [5, 5.41) is 6.83. The van der Waals surface area contributed by atoms with Crippen LogP contribution >= 0.6 is 0 Å². The van der Waals surface area contributed by atoms with Crippen LogP contribution in [0.4, 0.5) is 5.69 Å². The minimum Gasteiger partial charge on any atom is -0.465 e. The fourth-order valence-electron chi connectivity index (χ4n) is 2.06. The van der Waals surface area contributed by atoms with E-state index in [2.05, 4.69) is 25.1 Å². The van der Waals surface area contributed by atoms with Crippen molar-refractivity contribution in [3.8, 4) is 5.69 Å². The zero-order chi connectivity index (χ0) is 16.9. The summed E-state index contributed by atoms with van der Waals surface area (Å²) in [4.78, 5) is 31.6. The number of nitrogens with zero attached hydrogens (tertiary/aromatic N) is 4. The van der Waals surface area contributed by atoms with Crippen molar-refractivity contribution in [2.75, 3.05) is 12.4 Å². The number of anilines is 1. The van der Waals surface area contributed by atoms with Crippen LogP contribution in [-0.2, 0) is 4.74 Å². The Kier molecular flexibility index (Phi) is 4.28. The van der Waals surface area contributed by atoms with Crippen LogP contribution in [0, 0.1) is 0 Å². The van der Waals surface area contributed by atoms with Crippen LogP contribution in [-0.4, -0.2) is 38.7 Å². The molecule has 1 amide bonds. The number of carbonyl (C=O) groups excluding carboxylic acids is 2. The van der Waals surface area contributed by atoms with Crippen molar-refractivity contribution in [3.05, 3.63) is 66.5 Å². The molecule has 0 unspecified atom stereocenters. The molecule has 0 bridgehead atoms. The number of nitrogens with one attached hydrogen (secondary N) is 1. The van der Waals surface area contributed by atoms with Gasteiger partial charge in [0.15, 0.2) is 0 Å². The molecule has 0 atom stereocenters. The lowest BCUT2D eigenvalue weighted by Crippen LogP contribution is -2.16. The molecule has 0 saturated carbocycles. The molecule has 1 N–H and O–H groups in total. The maximum Gasteiger partial charge on any atom is 0.339 e. The molecule has 120 valence electrons. The zero-order valence-electron chi connectivity index (χ0n) is 12.7. The van der Waals surface area contributed by atoms with E-state index < -0.39 is 11.9 Å². The first-order valence-electron chi connectivity index (χ1n) is 6.99. The fourth-order valence-corrected chi connectivity index (χ4v) is 2.06. The van der Waals surface area contributed by atoms with Gasteiger partial charge in [0.2, 0.25) is 0 Å². The number of ether oxygens (including phenoxy) is 1. The summed E-state index contributed by atoms with van der Waals surface area (Å²) in [5.74, 6) is -0.912. The number of aromatic nitrogens is 4. The summed E-state index contributed by atoms with van der Waals surface area (Å²) < 4.78 is 6.14. The Labute approximate surface area is 137 Å². The lowest BCUT2D eigenvalue weighted by Gasteiger charge is -2.10. The second kappa shape index (κ2) is 6.69. The second-order valence-corrected chi connectivity index (χ2v) is 4.74. The monoisotopic (exact) mass is 323 g/mol. The highest BCUT2D eigenvalue weighted by molar-refractivity contribution is 6.04. The van der Waals surface area contributed by atoms with Crippen LogP contribution in [0.3, 0.4) is 0 Å². The molecule has 2 aromatic heterocycles. The van der Waals surface area contributed by atoms with Crippen molar-refractivity contribution in [2.24, 2.45) is 0 Å². The van der Waals surface area contributed by atoms with E-state index in [1.165, 1.54) is 38.1 Å². The van der Waals surface area contributed by atoms with Crippen LogP contribution in [0.1, 0.15) is 20.8 Å². The molecule has 0 aliphatic rings. The average molecular weight is 323 g/mol. The van der Waals surface area contributed by atoms with Gasteiger partial charge in [0.25, 0.3) is 5.91 Å². The molecule has 1 aromatic carbocycles. The van der Waals surface area contributed by atoms with Gasteiger partial charge in [0.05, 0.1) is 24.0 Å². The summed E-state index contributed by atoms with van der Waals surface area (Å²) in [6.45, 7) is 0. The number of pyridine rings is 1. The first-order chi connectivity index (χ1) is 11.7. The van der Waals surface area contributed by atoms with Gasteiger partial charge in [-0.25, -0.2) is 14.5 Å². The Balaban J connectivity index is 1.82. The molecular formula is C16H13N5O3. The summed E-state index contributed by atoms with van der Waals surface area (Å²) in [7, 11) is 1.28. The highest BCUT2D eigenvalue weighted by atomic mass is 16.5. The number of para-hydroxylation sites is 2. The Morgan fingerprint density at radius 1 is 1.17 bits per heavy atom. The van der Waals surface area contributed by atoms with Gasteiger partial charge in [-0.15, -0.1) is 0 Å². The number of rotatable bonds is 4. The number of carbonyl (C=O) groups is 2. The zero-order valence-corrected chi connectivity index (χ0v) is 12.7. The average Bonchev–Trinajstić information content (AvgIpc) is 3.16. The first kappa shape index (κ1) is 15.3. The van der Waals surface area contributed by atoms with Crippen molar-refractivity contribution in [1.82, 2.24) is 19.7 Å². The fraction of sp³-hybridized carbons (Fsp3) is 0.0625. The molecule has 8 heteroatoms. The Morgan fingerprint density at radius 3 is 2.67 bits per heavy atom. The van der Waals surface area contributed by atoms with E-state index in [9.17, 15) is 9.59 Å². The third-order valence-corrected chi connectivity index (χ3v) is 3.24. The number of benzene rings is 1. The van der Waals surface area contributed by atoms with Crippen LogP contribution in [0.25, 0.3) is 5.69 Å². The molecular weight excluding hydrogens is 310 g/mol. The molecule has 0 spiro atoms. The van der Waals surface area contributed by atoms with Gasteiger partial charge in [-0.1, -0.05) is 12.1 Å². The first-order valence-corrected chi connectivity index (χ1v) is 6.99. The van der Waals surface area contributed by atoms with Gasteiger partial charge in [0.1, 0.15) is 18.3 Å². The van der Waals surface area contributed by atoms with Crippen LogP contribution in [0.2, 0.25) is 0 Å².